The minimum absolute atomic E-state index is 0.00760. The second-order valence-corrected chi connectivity index (χ2v) is 5.62. The van der Waals surface area contributed by atoms with E-state index in [1.165, 1.54) is 7.05 Å². The molecule has 0 saturated heterocycles. The Kier molecular flexibility index (Phi) is 4.92. The number of sulfonamides is 1. The lowest BCUT2D eigenvalue weighted by Gasteiger charge is -2.17. The lowest BCUT2D eigenvalue weighted by atomic mass is 10.2. The molecule has 1 rings (SSSR count). The number of benzene rings is 1. The first kappa shape index (κ1) is 14.0. The molecule has 17 heavy (non-hydrogen) atoms. The summed E-state index contributed by atoms with van der Waals surface area (Å²) < 4.78 is 25.8. The highest BCUT2D eigenvalue weighted by Gasteiger charge is 2.16. The first-order valence-corrected chi connectivity index (χ1v) is 6.89. The van der Waals surface area contributed by atoms with Crippen molar-refractivity contribution in [2.75, 3.05) is 19.0 Å². The molecule has 3 N–H and O–H groups in total. The van der Waals surface area contributed by atoms with Crippen LogP contribution in [-0.2, 0) is 10.0 Å². The first-order chi connectivity index (χ1) is 8.01. The monoisotopic (exact) mass is 258 g/mol. The summed E-state index contributed by atoms with van der Waals surface area (Å²) in [7, 11) is -2.09. The SMILES string of the molecule is CNS(=O)(=O)c1ccccc1NC(C)CCO. The summed E-state index contributed by atoms with van der Waals surface area (Å²) in [5.74, 6) is 0. The number of hydrogen-bond donors (Lipinski definition) is 3. The fourth-order valence-corrected chi connectivity index (χ4v) is 2.36. The van der Waals surface area contributed by atoms with Gasteiger partial charge in [0, 0.05) is 12.6 Å². The summed E-state index contributed by atoms with van der Waals surface area (Å²) in [6.07, 6.45) is 0.563. The van der Waals surface area contributed by atoms with Gasteiger partial charge in [0.15, 0.2) is 0 Å². The third-order valence-electron chi connectivity index (χ3n) is 2.41. The number of para-hydroxylation sites is 1. The van der Waals surface area contributed by atoms with E-state index in [1.54, 1.807) is 24.3 Å². The number of nitrogens with one attached hydrogen (secondary N) is 2. The molecule has 0 fully saturated rings. The van der Waals surface area contributed by atoms with Gasteiger partial charge >= 0.3 is 0 Å². The Morgan fingerprint density at radius 1 is 1.35 bits per heavy atom. The Morgan fingerprint density at radius 2 is 2.00 bits per heavy atom. The zero-order valence-electron chi connectivity index (χ0n) is 9.97. The van der Waals surface area contributed by atoms with Crippen LogP contribution in [-0.4, -0.2) is 33.2 Å². The molecule has 0 aliphatic carbocycles. The van der Waals surface area contributed by atoms with E-state index in [1.807, 2.05) is 6.92 Å². The molecule has 5 nitrogen and oxygen atoms in total. The van der Waals surface area contributed by atoms with E-state index in [2.05, 4.69) is 10.0 Å². The Balaban J connectivity index is 3.01. The smallest absolute Gasteiger partial charge is 0.242 e. The molecule has 0 aliphatic heterocycles. The number of aliphatic hydroxyl groups is 1. The average Bonchev–Trinajstić information content (AvgIpc) is 2.30. The number of hydrogen-bond acceptors (Lipinski definition) is 4. The Morgan fingerprint density at radius 3 is 2.59 bits per heavy atom. The lowest BCUT2D eigenvalue weighted by Crippen LogP contribution is -2.23. The van der Waals surface area contributed by atoms with Gasteiger partial charge in [0.2, 0.25) is 10.0 Å². The molecular weight excluding hydrogens is 240 g/mol. The van der Waals surface area contributed by atoms with Crippen LogP contribution in [0.3, 0.4) is 0 Å². The van der Waals surface area contributed by atoms with Crippen LogP contribution in [0.4, 0.5) is 5.69 Å². The van der Waals surface area contributed by atoms with E-state index in [0.717, 1.165) is 0 Å². The maximum atomic E-state index is 11.8. The fraction of sp³-hybridized carbons (Fsp3) is 0.455. The number of anilines is 1. The van der Waals surface area contributed by atoms with E-state index >= 15 is 0 Å². The van der Waals surface area contributed by atoms with Gasteiger partial charge in [0.1, 0.15) is 4.90 Å². The van der Waals surface area contributed by atoms with Crippen molar-refractivity contribution in [2.45, 2.75) is 24.3 Å². The highest BCUT2D eigenvalue weighted by atomic mass is 32.2. The van der Waals surface area contributed by atoms with E-state index in [4.69, 9.17) is 5.11 Å². The van der Waals surface area contributed by atoms with E-state index in [9.17, 15) is 8.42 Å². The largest absolute Gasteiger partial charge is 0.396 e. The molecule has 0 radical (unpaired) electrons. The molecule has 0 amide bonds. The summed E-state index contributed by atoms with van der Waals surface area (Å²) >= 11 is 0. The quantitative estimate of drug-likeness (QED) is 0.704. The maximum absolute atomic E-state index is 11.8. The molecule has 0 saturated carbocycles. The van der Waals surface area contributed by atoms with Gasteiger partial charge in [-0.2, -0.15) is 0 Å². The summed E-state index contributed by atoms with van der Waals surface area (Å²) in [4.78, 5) is 0.215. The van der Waals surface area contributed by atoms with Crippen molar-refractivity contribution >= 4 is 15.7 Å². The first-order valence-electron chi connectivity index (χ1n) is 5.41. The van der Waals surface area contributed by atoms with Gasteiger partial charge < -0.3 is 10.4 Å². The second kappa shape index (κ2) is 6.00. The molecular formula is C11H18N2O3S. The van der Waals surface area contributed by atoms with Crippen LogP contribution >= 0.6 is 0 Å². The summed E-state index contributed by atoms with van der Waals surface area (Å²) in [6.45, 7) is 1.95. The zero-order valence-corrected chi connectivity index (χ0v) is 10.8. The minimum Gasteiger partial charge on any atom is -0.396 e. The standard InChI is InChI=1S/C11H18N2O3S/c1-9(7-8-14)13-10-5-3-4-6-11(10)17(15,16)12-2/h3-6,9,12-14H,7-8H2,1-2H3. The molecule has 96 valence electrons. The summed E-state index contributed by atoms with van der Waals surface area (Å²) in [5, 5.41) is 11.9. The van der Waals surface area contributed by atoms with Gasteiger partial charge in [-0.3, -0.25) is 0 Å². The molecule has 0 aliphatic rings. The molecule has 0 heterocycles. The molecule has 0 spiro atoms. The van der Waals surface area contributed by atoms with Crippen molar-refractivity contribution in [3.8, 4) is 0 Å². The van der Waals surface area contributed by atoms with Crippen LogP contribution in [0.1, 0.15) is 13.3 Å². The molecule has 1 unspecified atom stereocenters. The van der Waals surface area contributed by atoms with Gasteiger partial charge in [-0.05, 0) is 32.5 Å². The van der Waals surface area contributed by atoms with Crippen LogP contribution in [0.15, 0.2) is 29.2 Å². The maximum Gasteiger partial charge on any atom is 0.242 e. The van der Waals surface area contributed by atoms with Gasteiger partial charge in [-0.25, -0.2) is 13.1 Å². The predicted molar refractivity (Wildman–Crippen MR) is 67.5 cm³/mol. The summed E-state index contributed by atoms with van der Waals surface area (Å²) in [5.41, 5.74) is 0.544. The molecule has 6 heteroatoms. The van der Waals surface area contributed by atoms with Crippen LogP contribution < -0.4 is 10.0 Å². The molecule has 0 bridgehead atoms. The number of aliphatic hydroxyl groups excluding tert-OH is 1. The molecule has 1 aromatic rings. The van der Waals surface area contributed by atoms with Gasteiger partial charge in [-0.1, -0.05) is 12.1 Å². The van der Waals surface area contributed by atoms with Gasteiger partial charge in [-0.15, -0.1) is 0 Å². The van der Waals surface area contributed by atoms with Crippen molar-refractivity contribution in [3.63, 3.8) is 0 Å². The Labute approximate surface area is 102 Å². The van der Waals surface area contributed by atoms with Crippen LogP contribution in [0.25, 0.3) is 0 Å². The van der Waals surface area contributed by atoms with Crippen molar-refractivity contribution in [3.05, 3.63) is 24.3 Å². The van der Waals surface area contributed by atoms with Crippen molar-refractivity contribution in [1.82, 2.24) is 4.72 Å². The fourth-order valence-electron chi connectivity index (χ4n) is 1.46. The topological polar surface area (TPSA) is 78.4 Å². The van der Waals surface area contributed by atoms with Crippen molar-refractivity contribution in [1.29, 1.82) is 0 Å². The molecule has 0 aromatic heterocycles. The van der Waals surface area contributed by atoms with E-state index in [0.29, 0.717) is 12.1 Å². The third-order valence-corrected chi connectivity index (χ3v) is 3.88. The normalized spacial score (nSPS) is 13.4. The molecule has 1 aromatic carbocycles. The van der Waals surface area contributed by atoms with Crippen LogP contribution in [0.2, 0.25) is 0 Å². The van der Waals surface area contributed by atoms with Crippen molar-refractivity contribution in [2.24, 2.45) is 0 Å². The van der Waals surface area contributed by atoms with E-state index in [-0.39, 0.29) is 17.5 Å². The van der Waals surface area contributed by atoms with E-state index < -0.39 is 10.0 Å². The van der Waals surface area contributed by atoms with Gasteiger partial charge in [0.25, 0.3) is 0 Å². The van der Waals surface area contributed by atoms with Crippen molar-refractivity contribution < 1.29 is 13.5 Å². The highest BCUT2D eigenvalue weighted by molar-refractivity contribution is 7.89. The lowest BCUT2D eigenvalue weighted by molar-refractivity contribution is 0.282. The predicted octanol–water partition coefficient (Wildman–Crippen LogP) is 0.777. The Bertz CT molecular complexity index is 460. The zero-order chi connectivity index (χ0) is 12.9. The van der Waals surface area contributed by atoms with Gasteiger partial charge in [0.05, 0.1) is 5.69 Å². The highest BCUT2D eigenvalue weighted by Crippen LogP contribution is 2.21. The van der Waals surface area contributed by atoms with Crippen LogP contribution in [0.5, 0.6) is 0 Å². The third kappa shape index (κ3) is 3.69. The number of rotatable bonds is 6. The minimum atomic E-state index is -3.46. The molecule has 1 atom stereocenters. The average molecular weight is 258 g/mol. The second-order valence-electron chi connectivity index (χ2n) is 3.76. The Hall–Kier alpha value is -1.11. The van der Waals surface area contributed by atoms with Crippen LogP contribution in [0, 0.1) is 0 Å². The summed E-state index contributed by atoms with van der Waals surface area (Å²) in [6, 6.07) is 6.69.